The van der Waals surface area contributed by atoms with E-state index in [0.29, 0.717) is 17.7 Å². The smallest absolute Gasteiger partial charge is 0.277 e. The molecule has 0 unspecified atom stereocenters. The number of aromatic nitrogens is 2. The van der Waals surface area contributed by atoms with Crippen LogP contribution in [0.15, 0.2) is 22.0 Å². The molecule has 0 saturated carbocycles. The van der Waals surface area contributed by atoms with E-state index in [1.54, 1.807) is 20.8 Å². The van der Waals surface area contributed by atoms with Crippen molar-refractivity contribution in [3.63, 3.8) is 0 Å². The molecule has 1 radical (unpaired) electrons. The van der Waals surface area contributed by atoms with Crippen LogP contribution in [0.3, 0.4) is 0 Å². The number of carbonyl (C=O) groups is 2. The van der Waals surface area contributed by atoms with Crippen molar-refractivity contribution in [2.75, 3.05) is 5.75 Å². The number of fused-ring (bicyclic) bond motifs is 1. The van der Waals surface area contributed by atoms with Crippen LogP contribution in [-0.4, -0.2) is 54.4 Å². The van der Waals surface area contributed by atoms with Crippen LogP contribution in [0.4, 0.5) is 0 Å². The summed E-state index contributed by atoms with van der Waals surface area (Å²) in [5.74, 6) is -1.03. The molecule has 2 aromatic rings. The molecule has 0 fully saturated rings. The summed E-state index contributed by atoms with van der Waals surface area (Å²) >= 11 is 0. The molecule has 0 spiro atoms. The summed E-state index contributed by atoms with van der Waals surface area (Å²) in [6.45, 7) is 5.27. The first-order chi connectivity index (χ1) is 11.7. The van der Waals surface area contributed by atoms with Gasteiger partial charge in [-0.15, -0.1) is 0 Å². The second kappa shape index (κ2) is 7.03. The maximum absolute atomic E-state index is 12.8. The number of aryl methyl sites for hydroxylation is 2. The molecule has 1 aliphatic heterocycles. The van der Waals surface area contributed by atoms with Crippen LogP contribution < -0.4 is 5.56 Å². The Labute approximate surface area is 162 Å². The van der Waals surface area contributed by atoms with Crippen LogP contribution in [0.1, 0.15) is 50.8 Å². The van der Waals surface area contributed by atoms with Gasteiger partial charge in [-0.3, -0.25) is 19.1 Å². The second-order valence-corrected chi connectivity index (χ2v) is 8.17. The number of nitrogens with zero attached hydrogens (tertiary/aromatic N) is 1. The van der Waals surface area contributed by atoms with Gasteiger partial charge in [0.1, 0.15) is 5.56 Å². The van der Waals surface area contributed by atoms with Crippen molar-refractivity contribution < 1.29 is 18.0 Å². The number of H-pyrrole nitrogens is 1. The number of sulfone groups is 1. The molecule has 1 aromatic carbocycles. The molecule has 0 saturated heterocycles. The number of hydrogen-bond acceptors (Lipinski definition) is 5. The molecule has 133 valence electrons. The van der Waals surface area contributed by atoms with E-state index in [1.807, 2.05) is 0 Å². The van der Waals surface area contributed by atoms with Crippen molar-refractivity contribution >= 4 is 40.3 Å². The van der Waals surface area contributed by atoms with Crippen molar-refractivity contribution in [3.8, 4) is 0 Å². The molecule has 3 rings (SSSR count). The van der Waals surface area contributed by atoms with E-state index < -0.39 is 21.2 Å². The first-order valence-corrected chi connectivity index (χ1v) is 9.57. The monoisotopic (exact) mass is 369 g/mol. The largest absolute Gasteiger partial charge is 0.302 e. The van der Waals surface area contributed by atoms with Crippen molar-refractivity contribution in [1.82, 2.24) is 9.78 Å². The fraction of sp³-hybridized carbons (Fsp3) is 0.353. The third-order valence-electron chi connectivity index (χ3n) is 4.56. The van der Waals surface area contributed by atoms with Crippen molar-refractivity contribution in [2.24, 2.45) is 0 Å². The average molecular weight is 369 g/mol. The topological polar surface area (TPSA) is 106 Å². The van der Waals surface area contributed by atoms with Crippen LogP contribution in [0, 0.1) is 13.8 Å². The number of ketones is 2. The molecule has 0 amide bonds. The SMILES string of the molecule is CCn1[nH]cc(C(=O)c2cc(C)c3c(c2C)C(=O)CCS3(=O)=O)c1=O.[Li]. The Morgan fingerprint density at radius 1 is 1.23 bits per heavy atom. The van der Waals surface area contributed by atoms with Gasteiger partial charge in [0.25, 0.3) is 5.56 Å². The summed E-state index contributed by atoms with van der Waals surface area (Å²) in [5, 5.41) is 2.71. The molecule has 0 aliphatic carbocycles. The van der Waals surface area contributed by atoms with E-state index >= 15 is 0 Å². The Bertz CT molecular complexity index is 1080. The van der Waals surface area contributed by atoms with Crippen molar-refractivity contribution in [2.45, 2.75) is 38.6 Å². The summed E-state index contributed by atoms with van der Waals surface area (Å²) in [6.07, 6.45) is 1.24. The minimum atomic E-state index is -3.55. The Hall–Kier alpha value is -1.88. The number of hydrogen-bond donors (Lipinski definition) is 1. The van der Waals surface area contributed by atoms with Gasteiger partial charge in [0, 0.05) is 49.1 Å². The third kappa shape index (κ3) is 3.02. The summed E-state index contributed by atoms with van der Waals surface area (Å²) in [5.41, 5.74) is 0.449. The number of aromatic amines is 1. The fourth-order valence-electron chi connectivity index (χ4n) is 3.27. The molecule has 9 heteroatoms. The summed E-state index contributed by atoms with van der Waals surface area (Å²) in [6, 6.07) is 1.45. The van der Waals surface area contributed by atoms with Crippen LogP contribution in [0.5, 0.6) is 0 Å². The molecular weight excluding hydrogens is 351 g/mol. The van der Waals surface area contributed by atoms with Gasteiger partial charge in [0.15, 0.2) is 21.4 Å². The van der Waals surface area contributed by atoms with Crippen LogP contribution >= 0.6 is 0 Å². The van der Waals surface area contributed by atoms with Gasteiger partial charge >= 0.3 is 0 Å². The first-order valence-electron chi connectivity index (χ1n) is 7.92. The van der Waals surface area contributed by atoms with Gasteiger partial charge in [-0.05, 0) is 38.0 Å². The maximum Gasteiger partial charge on any atom is 0.277 e. The second-order valence-electron chi connectivity index (χ2n) is 6.13. The summed E-state index contributed by atoms with van der Waals surface area (Å²) in [4.78, 5) is 37.4. The Morgan fingerprint density at radius 2 is 1.88 bits per heavy atom. The van der Waals surface area contributed by atoms with Crippen molar-refractivity contribution in [1.29, 1.82) is 0 Å². The minimum Gasteiger partial charge on any atom is -0.302 e. The summed E-state index contributed by atoms with van der Waals surface area (Å²) in [7, 11) is -3.55. The average Bonchev–Trinajstić information content (AvgIpc) is 2.93. The van der Waals surface area contributed by atoms with Crippen LogP contribution in [0.2, 0.25) is 0 Å². The molecule has 7 nitrogen and oxygen atoms in total. The number of nitrogens with one attached hydrogen (secondary N) is 1. The Balaban J connectivity index is 0.00000243. The van der Waals surface area contributed by atoms with Crippen LogP contribution in [0.25, 0.3) is 0 Å². The quantitative estimate of drug-likeness (QED) is 0.642. The molecule has 1 aromatic heterocycles. The normalized spacial score (nSPS) is 15.3. The van der Waals surface area contributed by atoms with E-state index in [9.17, 15) is 22.8 Å². The molecule has 2 heterocycles. The zero-order valence-corrected chi connectivity index (χ0v) is 16.0. The van der Waals surface area contributed by atoms with E-state index in [0.717, 1.165) is 0 Å². The van der Waals surface area contributed by atoms with E-state index in [1.165, 1.54) is 16.9 Å². The number of benzene rings is 1. The van der Waals surface area contributed by atoms with Gasteiger partial charge in [0.05, 0.1) is 10.6 Å². The summed E-state index contributed by atoms with van der Waals surface area (Å²) < 4.78 is 26.0. The standard InChI is InChI=1S/C17H18N2O5S.Li/c1-4-19-17(22)12(8-18-19)15(21)11-7-9(2)16-14(10(11)3)13(20)5-6-25(16,23)24;/h7-8,18H,4-6H2,1-3H3;. The van der Waals surface area contributed by atoms with Gasteiger partial charge in [0.2, 0.25) is 0 Å². The predicted octanol–water partition coefficient (Wildman–Crippen LogP) is 1.02. The van der Waals surface area contributed by atoms with Gasteiger partial charge in [-0.25, -0.2) is 8.42 Å². The number of rotatable bonds is 3. The Morgan fingerprint density at radius 3 is 2.46 bits per heavy atom. The zero-order chi connectivity index (χ0) is 18.5. The Kier molecular flexibility index (Phi) is 5.52. The van der Waals surface area contributed by atoms with Gasteiger partial charge in [-0.1, -0.05) is 0 Å². The van der Waals surface area contributed by atoms with Gasteiger partial charge < -0.3 is 5.10 Å². The maximum atomic E-state index is 12.8. The predicted molar refractivity (Wildman–Crippen MR) is 96.8 cm³/mol. The molecule has 1 N–H and O–H groups in total. The first kappa shape index (κ1) is 20.4. The van der Waals surface area contributed by atoms with E-state index in [-0.39, 0.29) is 58.4 Å². The molecule has 0 bridgehead atoms. The number of carbonyl (C=O) groups excluding carboxylic acids is 2. The fourth-order valence-corrected chi connectivity index (χ4v) is 5.06. The molecule has 1 aliphatic rings. The van der Waals surface area contributed by atoms with Gasteiger partial charge in [-0.2, -0.15) is 0 Å². The van der Waals surface area contributed by atoms with Crippen molar-refractivity contribution in [3.05, 3.63) is 50.4 Å². The minimum absolute atomic E-state index is 0. The third-order valence-corrected chi connectivity index (χ3v) is 6.45. The number of Topliss-reactive ketones (excluding diaryl/α,β-unsaturated/α-hetero) is 1. The zero-order valence-electron chi connectivity index (χ0n) is 15.2. The van der Waals surface area contributed by atoms with Crippen LogP contribution in [-0.2, 0) is 16.4 Å². The van der Waals surface area contributed by atoms with E-state index in [4.69, 9.17) is 0 Å². The van der Waals surface area contributed by atoms with E-state index in [2.05, 4.69) is 5.10 Å². The molecule has 0 atom stereocenters. The molecular formula is C17H18LiN2O5S. The molecule has 26 heavy (non-hydrogen) atoms.